The van der Waals surface area contributed by atoms with Crippen molar-refractivity contribution >= 4 is 11.5 Å². The Labute approximate surface area is 185 Å². The van der Waals surface area contributed by atoms with Crippen LogP contribution in [0, 0.1) is 13.8 Å². The quantitative estimate of drug-likeness (QED) is 0.449. The minimum absolute atomic E-state index is 0.742. The number of rotatable bonds is 5. The molecule has 1 aromatic carbocycles. The van der Waals surface area contributed by atoms with Gasteiger partial charge >= 0.3 is 0 Å². The van der Waals surface area contributed by atoms with E-state index in [2.05, 4.69) is 30.5 Å². The smallest absolute Gasteiger partial charge is 0.148 e. The van der Waals surface area contributed by atoms with Crippen LogP contribution >= 0.6 is 0 Å². The Morgan fingerprint density at radius 2 is 1.75 bits per heavy atom. The van der Waals surface area contributed by atoms with E-state index < -0.39 is 0 Å². The molecular weight excluding hydrogens is 400 g/mol. The lowest BCUT2D eigenvalue weighted by Crippen LogP contribution is -2.00. The average Bonchev–Trinajstić information content (AvgIpc) is 3.36. The minimum Gasteiger partial charge on any atom is -0.340 e. The second-order valence-electron chi connectivity index (χ2n) is 7.53. The fourth-order valence-corrected chi connectivity index (χ4v) is 3.68. The van der Waals surface area contributed by atoms with Crippen LogP contribution in [-0.4, -0.2) is 34.5 Å². The predicted molar refractivity (Wildman–Crippen MR) is 124 cm³/mol. The normalized spacial score (nSPS) is 11.0. The standard InChI is InChI=1S/C24H22N8/c1-16-27-17(2)32(29-16)21-8-6-20(7-9-21)28-23-13-18(10-12-26-23)24-22(15-31(3)30-24)19-5-4-11-25-14-19/h4-15H,1-3H3,(H,26,28). The molecule has 0 saturated heterocycles. The summed E-state index contributed by atoms with van der Waals surface area (Å²) < 4.78 is 3.65. The van der Waals surface area contributed by atoms with Crippen LogP contribution in [0.4, 0.5) is 11.5 Å². The molecule has 8 nitrogen and oxygen atoms in total. The lowest BCUT2D eigenvalue weighted by molar-refractivity contribution is 0.771. The summed E-state index contributed by atoms with van der Waals surface area (Å²) in [6, 6.07) is 15.9. The monoisotopic (exact) mass is 422 g/mol. The summed E-state index contributed by atoms with van der Waals surface area (Å²) in [5.74, 6) is 2.36. The van der Waals surface area contributed by atoms with Gasteiger partial charge in [0, 0.05) is 54.2 Å². The molecule has 0 aliphatic heterocycles. The van der Waals surface area contributed by atoms with Gasteiger partial charge in [-0.1, -0.05) is 6.07 Å². The molecule has 4 aromatic heterocycles. The predicted octanol–water partition coefficient (Wildman–Crippen LogP) is 4.49. The van der Waals surface area contributed by atoms with E-state index in [0.29, 0.717) is 0 Å². The van der Waals surface area contributed by atoms with E-state index in [1.807, 2.05) is 91.2 Å². The molecule has 0 aliphatic carbocycles. The molecule has 8 heteroatoms. The third-order valence-electron chi connectivity index (χ3n) is 5.09. The Morgan fingerprint density at radius 1 is 0.906 bits per heavy atom. The van der Waals surface area contributed by atoms with Gasteiger partial charge in [-0.15, -0.1) is 0 Å². The molecule has 5 rings (SSSR count). The number of aryl methyl sites for hydroxylation is 3. The molecule has 0 unspecified atom stereocenters. The number of nitrogens with one attached hydrogen (secondary N) is 1. The maximum absolute atomic E-state index is 4.68. The maximum atomic E-state index is 4.68. The van der Waals surface area contributed by atoms with Crippen LogP contribution in [0.1, 0.15) is 11.6 Å². The highest BCUT2D eigenvalue weighted by atomic mass is 15.3. The van der Waals surface area contributed by atoms with Gasteiger partial charge < -0.3 is 5.32 Å². The molecule has 0 bridgehead atoms. The van der Waals surface area contributed by atoms with Crippen molar-refractivity contribution < 1.29 is 0 Å². The largest absolute Gasteiger partial charge is 0.340 e. The summed E-state index contributed by atoms with van der Waals surface area (Å²) in [6.45, 7) is 3.83. The van der Waals surface area contributed by atoms with Gasteiger partial charge in [0.1, 0.15) is 23.2 Å². The molecule has 0 atom stereocenters. The van der Waals surface area contributed by atoms with Gasteiger partial charge in [0.15, 0.2) is 0 Å². The topological polar surface area (TPSA) is 86.3 Å². The third kappa shape index (κ3) is 3.85. The highest BCUT2D eigenvalue weighted by Gasteiger charge is 2.13. The third-order valence-corrected chi connectivity index (χ3v) is 5.09. The Balaban J connectivity index is 1.42. The second-order valence-corrected chi connectivity index (χ2v) is 7.53. The summed E-state index contributed by atoms with van der Waals surface area (Å²) in [6.07, 6.45) is 7.41. The molecule has 1 N–H and O–H groups in total. The van der Waals surface area contributed by atoms with Crippen LogP contribution in [-0.2, 0) is 7.05 Å². The van der Waals surface area contributed by atoms with Crippen molar-refractivity contribution in [3.05, 3.63) is 85.0 Å². The fourth-order valence-electron chi connectivity index (χ4n) is 3.68. The van der Waals surface area contributed by atoms with Crippen LogP contribution in [0.2, 0.25) is 0 Å². The first-order valence-corrected chi connectivity index (χ1v) is 10.2. The Morgan fingerprint density at radius 3 is 2.47 bits per heavy atom. The Bertz CT molecular complexity index is 1370. The van der Waals surface area contributed by atoms with Gasteiger partial charge in [0.2, 0.25) is 0 Å². The van der Waals surface area contributed by atoms with E-state index in [1.54, 1.807) is 12.4 Å². The van der Waals surface area contributed by atoms with Crippen LogP contribution in [0.3, 0.4) is 0 Å². The first-order valence-electron chi connectivity index (χ1n) is 10.2. The molecule has 5 aromatic rings. The summed E-state index contributed by atoms with van der Waals surface area (Å²) in [5.41, 5.74) is 5.81. The van der Waals surface area contributed by atoms with Gasteiger partial charge in [-0.05, 0) is 56.3 Å². The number of hydrogen-bond donors (Lipinski definition) is 1. The van der Waals surface area contributed by atoms with E-state index in [-0.39, 0.29) is 0 Å². The molecular formula is C24H22N8. The molecule has 0 amide bonds. The molecule has 0 radical (unpaired) electrons. The van der Waals surface area contributed by atoms with Crippen molar-refractivity contribution in [2.45, 2.75) is 13.8 Å². The lowest BCUT2D eigenvalue weighted by atomic mass is 10.0. The first-order chi connectivity index (χ1) is 15.6. The molecule has 0 aliphatic rings. The van der Waals surface area contributed by atoms with Crippen LogP contribution < -0.4 is 5.32 Å². The van der Waals surface area contributed by atoms with Crippen molar-refractivity contribution in [3.8, 4) is 28.1 Å². The zero-order valence-corrected chi connectivity index (χ0v) is 18.1. The molecule has 0 saturated carbocycles. The average molecular weight is 422 g/mol. The molecule has 32 heavy (non-hydrogen) atoms. The summed E-state index contributed by atoms with van der Waals surface area (Å²) in [5, 5.41) is 12.5. The van der Waals surface area contributed by atoms with E-state index in [1.165, 1.54) is 0 Å². The van der Waals surface area contributed by atoms with Crippen molar-refractivity contribution in [2.24, 2.45) is 7.05 Å². The summed E-state index contributed by atoms with van der Waals surface area (Å²) >= 11 is 0. The number of benzene rings is 1. The second kappa shape index (κ2) is 8.07. The number of nitrogens with zero attached hydrogens (tertiary/aromatic N) is 7. The zero-order valence-electron chi connectivity index (χ0n) is 18.1. The zero-order chi connectivity index (χ0) is 22.1. The van der Waals surface area contributed by atoms with Crippen molar-refractivity contribution in [1.82, 2.24) is 34.5 Å². The lowest BCUT2D eigenvalue weighted by Gasteiger charge is -2.09. The van der Waals surface area contributed by atoms with Gasteiger partial charge in [-0.3, -0.25) is 9.67 Å². The SMILES string of the molecule is Cc1nc(C)n(-c2ccc(Nc3cc(-c4nn(C)cc4-c4cccnc4)ccn3)cc2)n1. The highest BCUT2D eigenvalue weighted by Crippen LogP contribution is 2.31. The molecule has 0 fully saturated rings. The summed E-state index contributed by atoms with van der Waals surface area (Å²) in [4.78, 5) is 13.1. The molecule has 0 spiro atoms. The number of aromatic nitrogens is 7. The number of hydrogen-bond acceptors (Lipinski definition) is 6. The minimum atomic E-state index is 0.742. The van der Waals surface area contributed by atoms with Gasteiger partial charge in [0.05, 0.1) is 5.69 Å². The van der Waals surface area contributed by atoms with E-state index in [9.17, 15) is 0 Å². The van der Waals surface area contributed by atoms with E-state index >= 15 is 0 Å². The van der Waals surface area contributed by atoms with Gasteiger partial charge in [0.25, 0.3) is 0 Å². The molecule has 4 heterocycles. The Hall–Kier alpha value is -4.33. The first kappa shape index (κ1) is 19.6. The van der Waals surface area contributed by atoms with Crippen LogP contribution in [0.15, 0.2) is 73.3 Å². The van der Waals surface area contributed by atoms with Crippen molar-refractivity contribution in [2.75, 3.05) is 5.32 Å². The molecule has 158 valence electrons. The van der Waals surface area contributed by atoms with Crippen LogP contribution in [0.25, 0.3) is 28.1 Å². The number of pyridine rings is 2. The van der Waals surface area contributed by atoms with Crippen molar-refractivity contribution in [3.63, 3.8) is 0 Å². The van der Waals surface area contributed by atoms with Crippen molar-refractivity contribution in [1.29, 1.82) is 0 Å². The van der Waals surface area contributed by atoms with E-state index in [0.717, 1.165) is 51.2 Å². The maximum Gasteiger partial charge on any atom is 0.148 e. The highest BCUT2D eigenvalue weighted by molar-refractivity contribution is 5.81. The Kier molecular flexibility index (Phi) is 4.95. The van der Waals surface area contributed by atoms with E-state index in [4.69, 9.17) is 0 Å². The fraction of sp³-hybridized carbons (Fsp3) is 0.125. The number of anilines is 2. The van der Waals surface area contributed by atoms with Crippen LogP contribution in [0.5, 0.6) is 0 Å². The van der Waals surface area contributed by atoms with Gasteiger partial charge in [-0.25, -0.2) is 14.6 Å². The van der Waals surface area contributed by atoms with Gasteiger partial charge in [-0.2, -0.15) is 10.2 Å². The summed E-state index contributed by atoms with van der Waals surface area (Å²) in [7, 11) is 1.92.